The van der Waals surface area contributed by atoms with Crippen LogP contribution in [0.1, 0.15) is 0 Å². The van der Waals surface area contributed by atoms with E-state index in [0.29, 0.717) is 5.11 Å². The molecule has 1 aliphatic heterocycles. The second kappa shape index (κ2) is 3.75. The minimum atomic E-state index is 0.442. The quantitative estimate of drug-likeness (QED) is 0.187. The van der Waals surface area contributed by atoms with Crippen LogP contribution in [0.4, 0.5) is 0 Å². The number of thiocarbonyl (C=S) groups is 1. The Morgan fingerprint density at radius 3 is 3.10 bits per heavy atom. The molecule has 0 radical (unpaired) electrons. The number of rotatable bonds is 0. The lowest BCUT2D eigenvalue weighted by Gasteiger charge is -1.95. The summed E-state index contributed by atoms with van der Waals surface area (Å²) in [6, 6.07) is 0. The predicted octanol–water partition coefficient (Wildman–Crippen LogP) is -2.49. The van der Waals surface area contributed by atoms with Crippen LogP contribution in [0.15, 0.2) is 0 Å². The average Bonchev–Trinajstić information content (AvgIpc) is 2.40. The summed E-state index contributed by atoms with van der Waals surface area (Å²) >= 11 is 6.47. The average molecular weight is 177 g/mol. The molecule has 0 aliphatic carbocycles. The van der Waals surface area contributed by atoms with Crippen LogP contribution in [0.2, 0.25) is 0 Å². The zero-order valence-electron chi connectivity index (χ0n) is 5.31. The largest absolute Gasteiger partial charge is 0.311 e. The molecular weight excluding hydrogens is 168 g/mol. The van der Waals surface area contributed by atoms with Gasteiger partial charge in [-0.25, -0.2) is 11.2 Å². The van der Waals surface area contributed by atoms with Gasteiger partial charge in [-0.2, -0.15) is 0 Å². The summed E-state index contributed by atoms with van der Waals surface area (Å²) in [5, 5.41) is 4.31. The van der Waals surface area contributed by atoms with Crippen molar-refractivity contribution in [2.45, 2.75) is 0 Å². The van der Waals surface area contributed by atoms with E-state index >= 15 is 0 Å². The van der Waals surface area contributed by atoms with E-state index < -0.39 is 0 Å². The van der Waals surface area contributed by atoms with Crippen LogP contribution in [0.5, 0.6) is 0 Å². The van der Waals surface area contributed by atoms with E-state index in [1.54, 1.807) is 11.8 Å². The summed E-state index contributed by atoms with van der Waals surface area (Å²) in [4.78, 5) is 3.11. The van der Waals surface area contributed by atoms with Gasteiger partial charge in [0.1, 0.15) is 0 Å². The molecule has 0 atom stereocenters. The molecule has 0 amide bonds. The van der Waals surface area contributed by atoms with Gasteiger partial charge in [0.2, 0.25) is 0 Å². The van der Waals surface area contributed by atoms with Gasteiger partial charge >= 0.3 is 5.17 Å². The molecule has 5 N–H and O–H groups in total. The van der Waals surface area contributed by atoms with Gasteiger partial charge in [0.25, 0.3) is 5.11 Å². The first kappa shape index (κ1) is 7.77. The lowest BCUT2D eigenvalue weighted by Crippen LogP contribution is -2.73. The molecule has 4 nitrogen and oxygen atoms in total. The fraction of sp³-hybridized carbons (Fsp3) is 0.500. The van der Waals surface area contributed by atoms with Crippen molar-refractivity contribution in [2.24, 2.45) is 5.84 Å². The van der Waals surface area contributed by atoms with Crippen molar-refractivity contribution in [1.29, 1.82) is 0 Å². The number of nitrogens with two attached hydrogens (primary N) is 1. The zero-order chi connectivity index (χ0) is 7.40. The molecular formula is C4H9N4S2+. The Bertz CT molecular complexity index is 167. The first-order valence-electron chi connectivity index (χ1n) is 2.84. The van der Waals surface area contributed by atoms with E-state index in [4.69, 9.17) is 18.1 Å². The van der Waals surface area contributed by atoms with Gasteiger partial charge in [-0.15, -0.1) is 0 Å². The molecule has 0 aromatic heterocycles. The van der Waals surface area contributed by atoms with Gasteiger partial charge in [-0.3, -0.25) is 10.4 Å². The maximum Gasteiger partial charge on any atom is 0.311 e. The molecule has 0 aromatic rings. The van der Waals surface area contributed by atoms with Crippen LogP contribution in [0.3, 0.4) is 0 Å². The lowest BCUT2D eigenvalue weighted by atomic mass is 10.8. The van der Waals surface area contributed by atoms with Gasteiger partial charge in [-0.05, 0) is 24.0 Å². The first-order valence-corrected chi connectivity index (χ1v) is 4.23. The van der Waals surface area contributed by atoms with Crippen molar-refractivity contribution in [3.05, 3.63) is 0 Å². The Labute approximate surface area is 68.6 Å². The van der Waals surface area contributed by atoms with Gasteiger partial charge in [0.15, 0.2) is 0 Å². The fourth-order valence-corrected chi connectivity index (χ4v) is 1.54. The third kappa shape index (κ3) is 2.13. The van der Waals surface area contributed by atoms with Crippen molar-refractivity contribution >= 4 is 34.3 Å². The normalized spacial score (nSPS) is 16.3. The van der Waals surface area contributed by atoms with Crippen LogP contribution in [0, 0.1) is 0 Å². The van der Waals surface area contributed by atoms with E-state index in [1.165, 1.54) is 0 Å². The van der Waals surface area contributed by atoms with Crippen molar-refractivity contribution in [3.63, 3.8) is 0 Å². The standard InChI is InChI=1S/C4H8N4S2/c5-8-3(9)7-4-6-1-2-10-4/h1-2,5H2,(H2,6,7,8,9)/p+1. The van der Waals surface area contributed by atoms with Crippen molar-refractivity contribution < 1.29 is 4.99 Å². The number of hydrogen-bond acceptors (Lipinski definition) is 3. The molecule has 56 valence electrons. The van der Waals surface area contributed by atoms with E-state index in [-0.39, 0.29) is 0 Å². The minimum Gasteiger partial charge on any atom is -0.281 e. The molecule has 0 spiro atoms. The number of amidine groups is 1. The summed E-state index contributed by atoms with van der Waals surface area (Å²) in [5.74, 6) is 6.12. The van der Waals surface area contributed by atoms with E-state index in [1.807, 2.05) is 0 Å². The Morgan fingerprint density at radius 1 is 1.80 bits per heavy atom. The Kier molecular flexibility index (Phi) is 2.91. The zero-order valence-corrected chi connectivity index (χ0v) is 6.94. The highest BCUT2D eigenvalue weighted by atomic mass is 32.2. The third-order valence-electron chi connectivity index (χ3n) is 0.992. The molecule has 0 bridgehead atoms. The minimum absolute atomic E-state index is 0.442. The summed E-state index contributed by atoms with van der Waals surface area (Å²) < 4.78 is 0. The second-order valence-corrected chi connectivity index (χ2v) is 3.22. The molecule has 1 rings (SSSR count). The Hall–Kier alpha value is -0.330. The monoisotopic (exact) mass is 177 g/mol. The Balaban J connectivity index is 2.30. The molecule has 6 heteroatoms. The topological polar surface area (TPSA) is 64.0 Å². The molecule has 0 fully saturated rings. The number of hydrazine groups is 1. The summed E-state index contributed by atoms with van der Waals surface area (Å²) in [7, 11) is 0. The van der Waals surface area contributed by atoms with E-state index in [9.17, 15) is 0 Å². The predicted molar refractivity (Wildman–Crippen MR) is 46.4 cm³/mol. The number of hydrogen-bond donors (Lipinski definition) is 4. The maximum atomic E-state index is 5.05. The highest BCUT2D eigenvalue weighted by Gasteiger charge is 2.14. The molecule has 1 heterocycles. The van der Waals surface area contributed by atoms with Crippen molar-refractivity contribution in [3.8, 4) is 0 Å². The highest BCUT2D eigenvalue weighted by Crippen LogP contribution is 1.97. The SMILES string of the molecule is NNC(=S)NC1=[NH+]CCS1. The van der Waals surface area contributed by atoms with Gasteiger partial charge in [-0.1, -0.05) is 0 Å². The summed E-state index contributed by atoms with van der Waals surface area (Å²) in [6.07, 6.45) is 0. The molecule has 10 heavy (non-hydrogen) atoms. The molecule has 0 aromatic carbocycles. The smallest absolute Gasteiger partial charge is 0.281 e. The van der Waals surface area contributed by atoms with E-state index in [2.05, 4.69) is 15.7 Å². The molecule has 0 unspecified atom stereocenters. The maximum absolute atomic E-state index is 5.05. The van der Waals surface area contributed by atoms with Crippen LogP contribution in [-0.2, 0) is 0 Å². The van der Waals surface area contributed by atoms with Crippen molar-refractivity contribution in [1.82, 2.24) is 10.7 Å². The fourth-order valence-electron chi connectivity index (χ4n) is 0.588. The Morgan fingerprint density at radius 2 is 2.60 bits per heavy atom. The van der Waals surface area contributed by atoms with Gasteiger partial charge in [0.05, 0.1) is 6.54 Å². The van der Waals surface area contributed by atoms with Crippen LogP contribution >= 0.6 is 24.0 Å². The third-order valence-corrected chi connectivity index (χ3v) is 2.16. The first-order chi connectivity index (χ1) is 4.83. The van der Waals surface area contributed by atoms with Crippen LogP contribution < -0.4 is 21.6 Å². The number of nitrogens with one attached hydrogen (secondary N) is 3. The van der Waals surface area contributed by atoms with Crippen LogP contribution in [0.25, 0.3) is 0 Å². The van der Waals surface area contributed by atoms with Crippen LogP contribution in [-0.4, -0.2) is 22.6 Å². The molecule has 1 aliphatic rings. The lowest BCUT2D eigenvalue weighted by molar-refractivity contribution is -0.446. The van der Waals surface area contributed by atoms with Crippen molar-refractivity contribution in [2.75, 3.05) is 12.3 Å². The highest BCUT2D eigenvalue weighted by molar-refractivity contribution is 8.13. The molecule has 0 saturated carbocycles. The van der Waals surface area contributed by atoms with E-state index in [0.717, 1.165) is 17.5 Å². The number of thioether (sulfide) groups is 1. The van der Waals surface area contributed by atoms with Gasteiger partial charge in [0, 0.05) is 5.75 Å². The van der Waals surface area contributed by atoms with Gasteiger partial charge < -0.3 is 0 Å². The summed E-state index contributed by atoms with van der Waals surface area (Å²) in [6.45, 7) is 0.986. The molecule has 0 saturated heterocycles. The summed E-state index contributed by atoms with van der Waals surface area (Å²) in [5.41, 5.74) is 2.34. The second-order valence-electron chi connectivity index (χ2n) is 1.70.